The van der Waals surface area contributed by atoms with Crippen LogP contribution in [0.25, 0.3) is 5.57 Å². The van der Waals surface area contributed by atoms with Crippen LogP contribution in [0.15, 0.2) is 35.0 Å². The lowest BCUT2D eigenvalue weighted by atomic mass is 9.79. The van der Waals surface area contributed by atoms with Crippen LogP contribution in [0.2, 0.25) is 0 Å². The average Bonchev–Trinajstić information content (AvgIpc) is 2.40. The van der Waals surface area contributed by atoms with Crippen molar-refractivity contribution in [1.82, 2.24) is 0 Å². The molecule has 1 aliphatic heterocycles. The van der Waals surface area contributed by atoms with Crippen LogP contribution in [0.3, 0.4) is 0 Å². The molecule has 1 aromatic rings. The van der Waals surface area contributed by atoms with E-state index in [4.69, 9.17) is 10.0 Å². The summed E-state index contributed by atoms with van der Waals surface area (Å²) in [5.74, 6) is 0. The summed E-state index contributed by atoms with van der Waals surface area (Å²) >= 11 is 0. The first kappa shape index (κ1) is 9.93. The molecule has 2 N–H and O–H groups in total. The molecule has 0 saturated heterocycles. The van der Waals surface area contributed by atoms with Crippen molar-refractivity contribution in [2.75, 3.05) is 0 Å². The number of hydrogen-bond acceptors (Lipinski definition) is 3. The zero-order valence-corrected chi connectivity index (χ0v) is 8.31. The molecule has 0 aliphatic carbocycles. The molecule has 0 atom stereocenters. The van der Waals surface area contributed by atoms with E-state index in [0.29, 0.717) is 5.46 Å². The van der Waals surface area contributed by atoms with Gasteiger partial charge in [0.1, 0.15) is 0 Å². The first-order valence-corrected chi connectivity index (χ1v) is 4.65. The summed E-state index contributed by atoms with van der Waals surface area (Å²) in [6, 6.07) is 5.14. The van der Waals surface area contributed by atoms with Gasteiger partial charge in [-0.05, 0) is 24.5 Å². The minimum absolute atomic E-state index is 0.465. The van der Waals surface area contributed by atoms with Gasteiger partial charge in [0.05, 0.1) is 5.69 Å². The van der Waals surface area contributed by atoms with Crippen molar-refractivity contribution < 1.29 is 10.0 Å². The van der Waals surface area contributed by atoms with Gasteiger partial charge in [0.15, 0.2) is 0 Å². The van der Waals surface area contributed by atoms with Crippen molar-refractivity contribution in [3.8, 4) is 0 Å². The summed E-state index contributed by atoms with van der Waals surface area (Å²) in [5, 5.41) is 18.1. The Morgan fingerprint density at radius 3 is 2.87 bits per heavy atom. The molecule has 1 aliphatic rings. The van der Waals surface area contributed by atoms with Crippen molar-refractivity contribution >= 4 is 30.1 Å². The molecular formula is C11H10BNO2. The number of nitrogens with zero attached hydrogens (tertiary/aromatic N) is 1. The minimum Gasteiger partial charge on any atom is -0.423 e. The van der Waals surface area contributed by atoms with Gasteiger partial charge in [0, 0.05) is 17.4 Å². The molecule has 0 unspecified atom stereocenters. The highest BCUT2D eigenvalue weighted by atomic mass is 16.4. The van der Waals surface area contributed by atoms with Gasteiger partial charge in [0.2, 0.25) is 0 Å². The monoisotopic (exact) mass is 199 g/mol. The van der Waals surface area contributed by atoms with Crippen molar-refractivity contribution in [3.63, 3.8) is 0 Å². The van der Waals surface area contributed by atoms with E-state index in [1.54, 1.807) is 30.5 Å². The Kier molecular flexibility index (Phi) is 2.56. The van der Waals surface area contributed by atoms with E-state index in [-0.39, 0.29) is 0 Å². The van der Waals surface area contributed by atoms with Crippen LogP contribution < -0.4 is 5.46 Å². The fraction of sp³-hybridized carbons (Fsp3) is 0.0909. The van der Waals surface area contributed by atoms with Crippen molar-refractivity contribution in [2.24, 2.45) is 4.99 Å². The maximum absolute atomic E-state index is 9.06. The van der Waals surface area contributed by atoms with Gasteiger partial charge < -0.3 is 10.0 Å². The Morgan fingerprint density at radius 1 is 1.33 bits per heavy atom. The first-order chi connectivity index (χ1) is 7.18. The quantitative estimate of drug-likeness (QED) is 0.515. The van der Waals surface area contributed by atoms with Crippen LogP contribution in [0.5, 0.6) is 0 Å². The predicted octanol–water partition coefficient (Wildman–Crippen LogP) is 0.641. The molecule has 0 fully saturated rings. The van der Waals surface area contributed by atoms with E-state index in [1.807, 2.05) is 6.92 Å². The fourth-order valence-electron chi connectivity index (χ4n) is 1.48. The van der Waals surface area contributed by atoms with E-state index in [0.717, 1.165) is 16.8 Å². The Bertz CT molecular complexity index is 485. The second-order valence-corrected chi connectivity index (χ2v) is 3.36. The highest BCUT2D eigenvalue weighted by Crippen LogP contribution is 2.25. The van der Waals surface area contributed by atoms with E-state index in [9.17, 15) is 0 Å². The van der Waals surface area contributed by atoms with Crippen LogP contribution in [-0.2, 0) is 0 Å². The predicted molar refractivity (Wildman–Crippen MR) is 61.6 cm³/mol. The van der Waals surface area contributed by atoms with Crippen LogP contribution in [0, 0.1) is 0 Å². The zero-order chi connectivity index (χ0) is 10.8. The van der Waals surface area contributed by atoms with Crippen LogP contribution >= 0.6 is 0 Å². The summed E-state index contributed by atoms with van der Waals surface area (Å²) < 4.78 is 0. The van der Waals surface area contributed by atoms with Gasteiger partial charge in [-0.3, -0.25) is 4.99 Å². The number of aliphatic imine (C=N–C) groups is 1. The molecule has 1 aromatic carbocycles. The van der Waals surface area contributed by atoms with Crippen LogP contribution in [0.4, 0.5) is 5.69 Å². The SMILES string of the molecule is CC1=C=CC=Nc2ccc(B(O)O)cc21. The second kappa shape index (κ2) is 3.87. The fourth-order valence-corrected chi connectivity index (χ4v) is 1.48. The van der Waals surface area contributed by atoms with Gasteiger partial charge in [-0.25, -0.2) is 0 Å². The zero-order valence-electron chi connectivity index (χ0n) is 8.31. The molecule has 0 aromatic heterocycles. The van der Waals surface area contributed by atoms with Crippen LogP contribution in [0.1, 0.15) is 12.5 Å². The summed E-state index contributed by atoms with van der Waals surface area (Å²) in [4.78, 5) is 4.21. The maximum atomic E-state index is 9.06. The molecule has 1 heterocycles. The van der Waals surface area contributed by atoms with Crippen molar-refractivity contribution in [2.45, 2.75) is 6.92 Å². The Morgan fingerprint density at radius 2 is 2.13 bits per heavy atom. The van der Waals surface area contributed by atoms with E-state index in [1.165, 1.54) is 0 Å². The van der Waals surface area contributed by atoms with E-state index in [2.05, 4.69) is 10.7 Å². The van der Waals surface area contributed by atoms with E-state index >= 15 is 0 Å². The summed E-state index contributed by atoms with van der Waals surface area (Å²) in [6.45, 7) is 1.91. The lowest BCUT2D eigenvalue weighted by Gasteiger charge is -2.06. The summed E-state index contributed by atoms with van der Waals surface area (Å²) in [7, 11) is -1.45. The van der Waals surface area contributed by atoms with E-state index < -0.39 is 7.12 Å². The van der Waals surface area contributed by atoms with Crippen molar-refractivity contribution in [1.29, 1.82) is 0 Å². The minimum atomic E-state index is -1.45. The molecule has 2 rings (SSSR count). The number of fused-ring (bicyclic) bond motifs is 1. The highest BCUT2D eigenvalue weighted by Gasteiger charge is 2.14. The summed E-state index contributed by atoms with van der Waals surface area (Å²) in [5.41, 5.74) is 6.14. The summed E-state index contributed by atoms with van der Waals surface area (Å²) in [6.07, 6.45) is 3.41. The Balaban J connectivity index is 2.60. The molecule has 15 heavy (non-hydrogen) atoms. The van der Waals surface area contributed by atoms with Gasteiger partial charge in [-0.1, -0.05) is 12.1 Å². The van der Waals surface area contributed by atoms with Crippen LogP contribution in [-0.4, -0.2) is 23.4 Å². The highest BCUT2D eigenvalue weighted by molar-refractivity contribution is 6.58. The molecule has 0 spiro atoms. The number of allylic oxidation sites excluding steroid dienone is 1. The lowest BCUT2D eigenvalue weighted by molar-refractivity contribution is 0.426. The molecule has 0 amide bonds. The normalized spacial score (nSPS) is 13.1. The Hall–Kier alpha value is -1.61. The third kappa shape index (κ3) is 1.92. The third-order valence-electron chi connectivity index (χ3n) is 2.31. The largest absolute Gasteiger partial charge is 0.488 e. The van der Waals surface area contributed by atoms with Gasteiger partial charge in [-0.2, -0.15) is 0 Å². The number of hydrogen-bond donors (Lipinski definition) is 2. The second-order valence-electron chi connectivity index (χ2n) is 3.36. The van der Waals surface area contributed by atoms with Gasteiger partial charge in [-0.15, -0.1) is 5.73 Å². The number of benzene rings is 1. The lowest BCUT2D eigenvalue weighted by Crippen LogP contribution is -2.29. The first-order valence-electron chi connectivity index (χ1n) is 4.65. The molecule has 0 bridgehead atoms. The van der Waals surface area contributed by atoms with Gasteiger partial charge in [0.25, 0.3) is 0 Å². The molecule has 74 valence electrons. The smallest absolute Gasteiger partial charge is 0.423 e. The third-order valence-corrected chi connectivity index (χ3v) is 2.31. The topological polar surface area (TPSA) is 52.8 Å². The van der Waals surface area contributed by atoms with Gasteiger partial charge >= 0.3 is 7.12 Å². The number of rotatable bonds is 1. The molecule has 3 nitrogen and oxygen atoms in total. The molecule has 0 saturated carbocycles. The molecule has 4 heteroatoms. The maximum Gasteiger partial charge on any atom is 0.488 e. The molecular weight excluding hydrogens is 189 g/mol. The van der Waals surface area contributed by atoms with Crippen molar-refractivity contribution in [3.05, 3.63) is 35.6 Å². The average molecular weight is 199 g/mol. The molecule has 0 radical (unpaired) electrons. The Labute approximate surface area is 88.2 Å². The standard InChI is InChI=1S/C11H10BNO2/c1-8-3-2-6-13-11-5-4-9(12(14)15)7-10(8)11/h2,4-7,14-15H,1H3.